The molecule has 0 radical (unpaired) electrons. The Morgan fingerprint density at radius 3 is 2.71 bits per heavy atom. The molecule has 5 rings (SSSR count). The molecule has 1 heteroatoms. The molecule has 3 aromatic carbocycles. The molecule has 1 heterocycles. The van der Waals surface area contributed by atoms with E-state index in [0.29, 0.717) is 17.9 Å². The van der Waals surface area contributed by atoms with E-state index in [1.165, 1.54) is 33.2 Å². The largest absolute Gasteiger partial charge is 0.378 e. The number of rotatable bonds is 1. The van der Waals surface area contributed by atoms with Gasteiger partial charge in [-0.3, -0.25) is 0 Å². The van der Waals surface area contributed by atoms with Crippen molar-refractivity contribution in [3.8, 4) is 0 Å². The van der Waals surface area contributed by atoms with Crippen LogP contribution in [0.3, 0.4) is 0 Å². The minimum absolute atomic E-state index is 0.379. The Morgan fingerprint density at radius 2 is 1.79 bits per heavy atom. The van der Waals surface area contributed by atoms with Crippen molar-refractivity contribution in [1.82, 2.24) is 0 Å². The number of aryl methyl sites for hydroxylation is 1. The van der Waals surface area contributed by atoms with Crippen LogP contribution < -0.4 is 5.32 Å². The van der Waals surface area contributed by atoms with E-state index in [4.69, 9.17) is 0 Å². The Labute approximate surface area is 143 Å². The summed E-state index contributed by atoms with van der Waals surface area (Å²) in [5, 5.41) is 6.48. The summed E-state index contributed by atoms with van der Waals surface area (Å²) in [5.74, 6) is 1.15. The van der Waals surface area contributed by atoms with Gasteiger partial charge < -0.3 is 5.32 Å². The summed E-state index contributed by atoms with van der Waals surface area (Å²) in [7, 11) is 0. The van der Waals surface area contributed by atoms with E-state index < -0.39 is 0 Å². The highest BCUT2D eigenvalue weighted by Gasteiger charge is 2.37. The van der Waals surface area contributed by atoms with Crippen LogP contribution in [-0.4, -0.2) is 0 Å². The zero-order valence-corrected chi connectivity index (χ0v) is 13.9. The fourth-order valence-corrected chi connectivity index (χ4v) is 4.45. The molecule has 0 fully saturated rings. The fraction of sp³-hybridized carbons (Fsp3) is 0.217. The van der Waals surface area contributed by atoms with Gasteiger partial charge in [-0.05, 0) is 53.3 Å². The first kappa shape index (κ1) is 13.9. The van der Waals surface area contributed by atoms with E-state index in [9.17, 15) is 0 Å². The molecule has 1 N–H and O–H groups in total. The van der Waals surface area contributed by atoms with Crippen molar-refractivity contribution in [2.45, 2.75) is 25.3 Å². The lowest BCUT2D eigenvalue weighted by Gasteiger charge is -2.37. The highest BCUT2D eigenvalue weighted by Crippen LogP contribution is 2.50. The van der Waals surface area contributed by atoms with E-state index in [1.54, 1.807) is 0 Å². The molecule has 1 aliphatic heterocycles. The number of nitrogens with one attached hydrogen (secondary N) is 1. The second-order valence-corrected chi connectivity index (χ2v) is 7.17. The van der Waals surface area contributed by atoms with Gasteiger partial charge in [0, 0.05) is 11.6 Å². The van der Waals surface area contributed by atoms with Gasteiger partial charge in [-0.25, -0.2) is 0 Å². The highest BCUT2D eigenvalue weighted by molar-refractivity contribution is 5.83. The summed E-state index contributed by atoms with van der Waals surface area (Å²) >= 11 is 0. The molecular formula is C23H21N. The maximum atomic E-state index is 3.84. The van der Waals surface area contributed by atoms with Crippen LogP contribution in [0.25, 0.3) is 10.8 Å². The first-order valence-electron chi connectivity index (χ1n) is 8.82. The van der Waals surface area contributed by atoms with E-state index in [1.807, 2.05) is 0 Å². The highest BCUT2D eigenvalue weighted by atomic mass is 15.0. The normalized spacial score (nSPS) is 24.5. The Hall–Kier alpha value is -2.54. The van der Waals surface area contributed by atoms with E-state index >= 15 is 0 Å². The first-order valence-corrected chi connectivity index (χ1v) is 8.82. The number of anilines is 1. The summed E-state index contributed by atoms with van der Waals surface area (Å²) in [6, 6.07) is 22.7. The number of fused-ring (bicyclic) bond motifs is 4. The van der Waals surface area contributed by atoms with Crippen LogP contribution in [0.1, 0.15) is 35.1 Å². The van der Waals surface area contributed by atoms with Crippen LogP contribution in [0.15, 0.2) is 72.8 Å². The quantitative estimate of drug-likeness (QED) is 0.545. The SMILES string of the molecule is Cc1ccc2c(c1)[C@@H]1C=CC[C@@H]1[C@H](c1ccc3ccccc3c1)N2. The van der Waals surface area contributed by atoms with Crippen molar-refractivity contribution >= 4 is 16.5 Å². The molecule has 0 saturated carbocycles. The molecule has 0 spiro atoms. The molecule has 1 nitrogen and oxygen atoms in total. The van der Waals surface area contributed by atoms with E-state index in [-0.39, 0.29) is 0 Å². The molecule has 0 saturated heterocycles. The number of allylic oxidation sites excluding steroid dienone is 2. The number of benzene rings is 3. The van der Waals surface area contributed by atoms with Crippen LogP contribution in [0.4, 0.5) is 5.69 Å². The van der Waals surface area contributed by atoms with Crippen molar-refractivity contribution in [1.29, 1.82) is 0 Å². The van der Waals surface area contributed by atoms with Crippen LogP contribution in [0, 0.1) is 12.8 Å². The average Bonchev–Trinajstić information content (AvgIpc) is 3.11. The van der Waals surface area contributed by atoms with E-state index in [2.05, 4.69) is 85.1 Å². The summed E-state index contributed by atoms with van der Waals surface area (Å²) in [4.78, 5) is 0. The van der Waals surface area contributed by atoms with Crippen LogP contribution in [-0.2, 0) is 0 Å². The number of hydrogen-bond donors (Lipinski definition) is 1. The third-order valence-electron chi connectivity index (χ3n) is 5.65. The monoisotopic (exact) mass is 311 g/mol. The standard InChI is InChI=1S/C23H21N/c1-15-9-12-22-21(13-15)19-7-4-8-20(19)23(24-22)18-11-10-16-5-2-3-6-17(16)14-18/h2-7,9-14,19-20,23-24H,8H2,1H3/t19-,20+,23+/m1/s1. The van der Waals surface area contributed by atoms with Gasteiger partial charge in [0.1, 0.15) is 0 Å². The summed E-state index contributed by atoms with van der Waals surface area (Å²) in [6.45, 7) is 2.18. The smallest absolute Gasteiger partial charge is 0.0554 e. The van der Waals surface area contributed by atoms with Crippen LogP contribution in [0.5, 0.6) is 0 Å². The van der Waals surface area contributed by atoms with E-state index in [0.717, 1.165) is 6.42 Å². The molecule has 0 unspecified atom stereocenters. The van der Waals surface area contributed by atoms with Gasteiger partial charge in [0.2, 0.25) is 0 Å². The fourth-order valence-electron chi connectivity index (χ4n) is 4.45. The average molecular weight is 311 g/mol. The van der Waals surface area contributed by atoms with Crippen molar-refractivity contribution in [3.63, 3.8) is 0 Å². The summed E-state index contributed by atoms with van der Waals surface area (Å²) < 4.78 is 0. The third-order valence-corrected chi connectivity index (χ3v) is 5.65. The zero-order valence-electron chi connectivity index (χ0n) is 13.9. The maximum absolute atomic E-state index is 3.84. The molecule has 3 atom stereocenters. The second-order valence-electron chi connectivity index (χ2n) is 7.17. The van der Waals surface area contributed by atoms with Crippen molar-refractivity contribution in [2.24, 2.45) is 5.92 Å². The van der Waals surface area contributed by atoms with Gasteiger partial charge in [-0.2, -0.15) is 0 Å². The Bertz CT molecular complexity index is 953. The van der Waals surface area contributed by atoms with Crippen molar-refractivity contribution < 1.29 is 0 Å². The molecule has 118 valence electrons. The van der Waals surface area contributed by atoms with Crippen molar-refractivity contribution in [2.75, 3.05) is 5.32 Å². The zero-order chi connectivity index (χ0) is 16.1. The topological polar surface area (TPSA) is 12.0 Å². The van der Waals surface area contributed by atoms with Crippen molar-refractivity contribution in [3.05, 3.63) is 89.5 Å². The van der Waals surface area contributed by atoms with Crippen LogP contribution in [0.2, 0.25) is 0 Å². The van der Waals surface area contributed by atoms with Crippen LogP contribution >= 0.6 is 0 Å². The van der Waals surface area contributed by atoms with Gasteiger partial charge in [0.05, 0.1) is 6.04 Å². The molecule has 0 aromatic heterocycles. The Balaban J connectivity index is 1.61. The number of hydrogen-bond acceptors (Lipinski definition) is 1. The minimum atomic E-state index is 0.379. The van der Waals surface area contributed by atoms with Gasteiger partial charge in [-0.1, -0.05) is 66.2 Å². The second kappa shape index (κ2) is 5.24. The molecule has 1 aliphatic carbocycles. The maximum Gasteiger partial charge on any atom is 0.0554 e. The summed E-state index contributed by atoms with van der Waals surface area (Å²) in [6.07, 6.45) is 5.93. The lowest BCUT2D eigenvalue weighted by molar-refractivity contribution is 0.425. The molecular weight excluding hydrogens is 290 g/mol. The summed E-state index contributed by atoms with van der Waals surface area (Å²) in [5.41, 5.74) is 5.51. The third kappa shape index (κ3) is 2.08. The molecule has 24 heavy (non-hydrogen) atoms. The molecule has 3 aromatic rings. The van der Waals surface area contributed by atoms with Gasteiger partial charge in [-0.15, -0.1) is 0 Å². The van der Waals surface area contributed by atoms with Gasteiger partial charge >= 0.3 is 0 Å². The molecule has 2 aliphatic rings. The minimum Gasteiger partial charge on any atom is -0.378 e. The van der Waals surface area contributed by atoms with Gasteiger partial charge in [0.25, 0.3) is 0 Å². The first-order chi connectivity index (χ1) is 11.8. The predicted octanol–water partition coefficient (Wildman–Crippen LogP) is 5.97. The Morgan fingerprint density at radius 1 is 0.917 bits per heavy atom. The molecule has 0 amide bonds. The predicted molar refractivity (Wildman–Crippen MR) is 101 cm³/mol. The lowest BCUT2D eigenvalue weighted by Crippen LogP contribution is -2.29. The Kier molecular flexibility index (Phi) is 3.02. The molecule has 0 bridgehead atoms. The lowest BCUT2D eigenvalue weighted by atomic mass is 9.76. The van der Waals surface area contributed by atoms with Gasteiger partial charge in [0.15, 0.2) is 0 Å².